The van der Waals surface area contributed by atoms with Crippen LogP contribution in [0.15, 0.2) is 18.2 Å². The Morgan fingerprint density at radius 2 is 2.21 bits per heavy atom. The summed E-state index contributed by atoms with van der Waals surface area (Å²) in [7, 11) is 0. The second-order valence-electron chi connectivity index (χ2n) is 3.00. The van der Waals surface area contributed by atoms with Crippen molar-refractivity contribution in [3.8, 4) is 0 Å². The maximum Gasteiger partial charge on any atom is 0.319 e. The van der Waals surface area contributed by atoms with Gasteiger partial charge >= 0.3 is 6.03 Å². The molecule has 1 aromatic rings. The van der Waals surface area contributed by atoms with Crippen molar-refractivity contribution in [2.75, 3.05) is 17.6 Å². The molecular formula is C10H15N3O. The molecule has 2 amide bonds. The molecule has 0 unspecified atom stereocenters. The number of hydrogen-bond acceptors (Lipinski definition) is 2. The summed E-state index contributed by atoms with van der Waals surface area (Å²) >= 11 is 0. The fourth-order valence-corrected chi connectivity index (χ4v) is 1.12. The van der Waals surface area contributed by atoms with Gasteiger partial charge in [0.25, 0.3) is 0 Å². The highest BCUT2D eigenvalue weighted by atomic mass is 16.2. The fraction of sp³-hybridized carbons (Fsp3) is 0.300. The number of benzene rings is 1. The number of nitrogens with two attached hydrogens (primary N) is 1. The van der Waals surface area contributed by atoms with E-state index in [9.17, 15) is 4.79 Å². The predicted octanol–water partition coefficient (Wildman–Crippen LogP) is 1.72. The zero-order chi connectivity index (χ0) is 10.6. The number of nitrogen functional groups attached to an aromatic ring is 1. The maximum atomic E-state index is 11.2. The van der Waals surface area contributed by atoms with Crippen LogP contribution in [0.3, 0.4) is 0 Å². The van der Waals surface area contributed by atoms with Crippen molar-refractivity contribution in [3.05, 3.63) is 23.8 Å². The number of carbonyl (C=O) groups is 1. The predicted molar refractivity (Wildman–Crippen MR) is 58.3 cm³/mol. The molecule has 0 aromatic heterocycles. The van der Waals surface area contributed by atoms with E-state index in [-0.39, 0.29) is 6.03 Å². The highest BCUT2D eigenvalue weighted by molar-refractivity contribution is 5.90. The Kier molecular flexibility index (Phi) is 3.34. The van der Waals surface area contributed by atoms with Crippen molar-refractivity contribution >= 4 is 17.4 Å². The van der Waals surface area contributed by atoms with Gasteiger partial charge in [-0.05, 0) is 31.5 Å². The van der Waals surface area contributed by atoms with Gasteiger partial charge in [-0.3, -0.25) is 0 Å². The molecule has 1 aromatic carbocycles. The van der Waals surface area contributed by atoms with E-state index in [2.05, 4.69) is 10.6 Å². The third kappa shape index (κ3) is 2.39. The van der Waals surface area contributed by atoms with E-state index in [1.807, 2.05) is 26.0 Å². The molecule has 0 heterocycles. The van der Waals surface area contributed by atoms with Crippen LogP contribution in [0.4, 0.5) is 16.2 Å². The summed E-state index contributed by atoms with van der Waals surface area (Å²) in [5, 5.41) is 5.37. The molecule has 0 saturated carbocycles. The van der Waals surface area contributed by atoms with E-state index < -0.39 is 0 Å². The van der Waals surface area contributed by atoms with Gasteiger partial charge in [-0.25, -0.2) is 4.79 Å². The Morgan fingerprint density at radius 3 is 2.86 bits per heavy atom. The standard InChI is InChI=1S/C10H15N3O/c1-3-12-10(14)13-9-6-4-5-8(11)7(9)2/h4-6H,3,11H2,1-2H3,(H2,12,13,14). The van der Waals surface area contributed by atoms with Crippen LogP contribution in [-0.2, 0) is 0 Å². The molecule has 0 aliphatic rings. The van der Waals surface area contributed by atoms with Crippen molar-refractivity contribution < 1.29 is 4.79 Å². The first-order chi connectivity index (χ1) is 6.65. The van der Waals surface area contributed by atoms with Crippen LogP contribution in [0, 0.1) is 6.92 Å². The van der Waals surface area contributed by atoms with Crippen LogP contribution in [0.5, 0.6) is 0 Å². The number of amides is 2. The topological polar surface area (TPSA) is 67.2 Å². The first-order valence-electron chi connectivity index (χ1n) is 4.55. The van der Waals surface area contributed by atoms with Crippen LogP contribution >= 0.6 is 0 Å². The lowest BCUT2D eigenvalue weighted by molar-refractivity contribution is 0.252. The van der Waals surface area contributed by atoms with E-state index >= 15 is 0 Å². The number of nitrogens with one attached hydrogen (secondary N) is 2. The molecule has 1 rings (SSSR count). The van der Waals surface area contributed by atoms with Gasteiger partial charge in [0.2, 0.25) is 0 Å². The quantitative estimate of drug-likeness (QED) is 0.626. The van der Waals surface area contributed by atoms with E-state index in [1.54, 1.807) is 6.07 Å². The molecule has 76 valence electrons. The molecule has 0 aliphatic heterocycles. The second kappa shape index (κ2) is 4.50. The van der Waals surface area contributed by atoms with Crippen molar-refractivity contribution in [1.29, 1.82) is 0 Å². The van der Waals surface area contributed by atoms with Gasteiger partial charge in [-0.15, -0.1) is 0 Å². The number of urea groups is 1. The molecule has 4 N–H and O–H groups in total. The van der Waals surface area contributed by atoms with Gasteiger partial charge < -0.3 is 16.4 Å². The minimum atomic E-state index is -0.207. The van der Waals surface area contributed by atoms with Crippen LogP contribution in [0.1, 0.15) is 12.5 Å². The first kappa shape index (κ1) is 10.4. The summed E-state index contributed by atoms with van der Waals surface area (Å²) in [6.07, 6.45) is 0. The third-order valence-electron chi connectivity index (χ3n) is 1.96. The highest BCUT2D eigenvalue weighted by Gasteiger charge is 2.03. The average molecular weight is 193 g/mol. The van der Waals surface area contributed by atoms with E-state index in [1.165, 1.54) is 0 Å². The third-order valence-corrected chi connectivity index (χ3v) is 1.96. The molecule has 0 fully saturated rings. The Labute approximate surface area is 83.5 Å². The van der Waals surface area contributed by atoms with Gasteiger partial charge in [0, 0.05) is 17.9 Å². The zero-order valence-corrected chi connectivity index (χ0v) is 8.42. The minimum Gasteiger partial charge on any atom is -0.398 e. The SMILES string of the molecule is CCNC(=O)Nc1cccc(N)c1C. The molecule has 4 heteroatoms. The molecule has 14 heavy (non-hydrogen) atoms. The minimum absolute atomic E-state index is 0.207. The summed E-state index contributed by atoms with van der Waals surface area (Å²) in [5.41, 5.74) is 8.01. The molecule has 0 bridgehead atoms. The van der Waals surface area contributed by atoms with Crippen LogP contribution < -0.4 is 16.4 Å². The van der Waals surface area contributed by atoms with Gasteiger partial charge in [0.05, 0.1) is 0 Å². The number of hydrogen-bond donors (Lipinski definition) is 3. The Balaban J connectivity index is 2.76. The normalized spacial score (nSPS) is 9.57. The second-order valence-corrected chi connectivity index (χ2v) is 3.00. The van der Waals surface area contributed by atoms with Crippen molar-refractivity contribution in [1.82, 2.24) is 5.32 Å². The Hall–Kier alpha value is -1.71. The molecule has 0 atom stereocenters. The van der Waals surface area contributed by atoms with E-state index in [0.717, 1.165) is 11.3 Å². The van der Waals surface area contributed by atoms with E-state index in [4.69, 9.17) is 5.73 Å². The molecule has 0 radical (unpaired) electrons. The van der Waals surface area contributed by atoms with E-state index in [0.29, 0.717) is 12.2 Å². The Morgan fingerprint density at radius 1 is 1.50 bits per heavy atom. The van der Waals surface area contributed by atoms with Crippen molar-refractivity contribution in [3.63, 3.8) is 0 Å². The number of rotatable bonds is 2. The lowest BCUT2D eigenvalue weighted by Gasteiger charge is -2.09. The summed E-state index contributed by atoms with van der Waals surface area (Å²) in [6.45, 7) is 4.34. The lowest BCUT2D eigenvalue weighted by atomic mass is 10.1. The molecular weight excluding hydrogens is 178 g/mol. The van der Waals surface area contributed by atoms with Gasteiger partial charge in [-0.1, -0.05) is 6.07 Å². The van der Waals surface area contributed by atoms with Crippen molar-refractivity contribution in [2.45, 2.75) is 13.8 Å². The van der Waals surface area contributed by atoms with Gasteiger partial charge in [-0.2, -0.15) is 0 Å². The lowest BCUT2D eigenvalue weighted by Crippen LogP contribution is -2.28. The van der Waals surface area contributed by atoms with Crippen LogP contribution in [0.2, 0.25) is 0 Å². The molecule has 4 nitrogen and oxygen atoms in total. The average Bonchev–Trinajstić information content (AvgIpc) is 2.13. The molecule has 0 aliphatic carbocycles. The highest BCUT2D eigenvalue weighted by Crippen LogP contribution is 2.19. The smallest absolute Gasteiger partial charge is 0.319 e. The monoisotopic (exact) mass is 193 g/mol. The summed E-state index contributed by atoms with van der Waals surface area (Å²) in [5.74, 6) is 0. The molecule has 0 saturated heterocycles. The summed E-state index contributed by atoms with van der Waals surface area (Å²) in [6, 6.07) is 5.23. The number of carbonyl (C=O) groups excluding carboxylic acids is 1. The van der Waals surface area contributed by atoms with Gasteiger partial charge in [0.1, 0.15) is 0 Å². The number of anilines is 2. The summed E-state index contributed by atoms with van der Waals surface area (Å²) < 4.78 is 0. The van der Waals surface area contributed by atoms with Gasteiger partial charge in [0.15, 0.2) is 0 Å². The fourth-order valence-electron chi connectivity index (χ4n) is 1.12. The summed E-state index contributed by atoms with van der Waals surface area (Å²) in [4.78, 5) is 11.2. The Bertz CT molecular complexity index is 336. The largest absolute Gasteiger partial charge is 0.398 e. The van der Waals surface area contributed by atoms with Crippen LogP contribution in [-0.4, -0.2) is 12.6 Å². The van der Waals surface area contributed by atoms with Crippen LogP contribution in [0.25, 0.3) is 0 Å². The first-order valence-corrected chi connectivity index (χ1v) is 4.55. The zero-order valence-electron chi connectivity index (χ0n) is 8.42. The molecule has 0 spiro atoms. The maximum absolute atomic E-state index is 11.2. The van der Waals surface area contributed by atoms with Crippen molar-refractivity contribution in [2.24, 2.45) is 0 Å².